The molecule has 1 rings (SSSR count). The predicted molar refractivity (Wildman–Crippen MR) is 68.6 cm³/mol. The first-order valence-electron chi connectivity index (χ1n) is 5.20. The van der Waals surface area contributed by atoms with E-state index in [1.165, 1.54) is 0 Å². The van der Waals surface area contributed by atoms with Crippen molar-refractivity contribution in [3.8, 4) is 11.5 Å². The zero-order valence-corrected chi connectivity index (χ0v) is 10.8. The highest BCUT2D eigenvalue weighted by atomic mass is 35.5. The Bertz CT molecular complexity index is 318. The molecule has 0 heterocycles. The van der Waals surface area contributed by atoms with Crippen LogP contribution in [0.2, 0.25) is 0 Å². The second-order valence-electron chi connectivity index (χ2n) is 3.51. The quantitative estimate of drug-likeness (QED) is 0.868. The van der Waals surface area contributed by atoms with E-state index in [0.29, 0.717) is 0 Å². The van der Waals surface area contributed by atoms with Gasteiger partial charge in [0, 0.05) is 6.04 Å². The van der Waals surface area contributed by atoms with Gasteiger partial charge < -0.3 is 15.2 Å². The van der Waals surface area contributed by atoms with Crippen molar-refractivity contribution in [1.29, 1.82) is 0 Å². The largest absolute Gasteiger partial charge is 0.493 e. The van der Waals surface area contributed by atoms with Gasteiger partial charge in [-0.15, -0.1) is 12.4 Å². The molecule has 0 aliphatic carbocycles. The fourth-order valence-corrected chi connectivity index (χ4v) is 1.56. The van der Waals surface area contributed by atoms with Crippen molar-refractivity contribution < 1.29 is 9.47 Å². The maximum atomic E-state index is 6.02. The summed E-state index contributed by atoms with van der Waals surface area (Å²) in [5.41, 5.74) is 7.12. The van der Waals surface area contributed by atoms with Crippen LogP contribution in [0.25, 0.3) is 0 Å². The molecule has 0 fully saturated rings. The number of benzene rings is 1. The summed E-state index contributed by atoms with van der Waals surface area (Å²) < 4.78 is 10.4. The highest BCUT2D eigenvalue weighted by molar-refractivity contribution is 5.85. The molecule has 92 valence electrons. The molecule has 3 nitrogen and oxygen atoms in total. The van der Waals surface area contributed by atoms with E-state index in [9.17, 15) is 0 Å². The summed E-state index contributed by atoms with van der Waals surface area (Å²) in [6.45, 7) is 2.13. The van der Waals surface area contributed by atoms with Crippen LogP contribution < -0.4 is 15.2 Å². The van der Waals surface area contributed by atoms with Crippen molar-refractivity contribution in [3.63, 3.8) is 0 Å². The average Bonchev–Trinajstić information content (AvgIpc) is 2.28. The molecule has 0 saturated heterocycles. The third kappa shape index (κ3) is 3.58. The van der Waals surface area contributed by atoms with Crippen molar-refractivity contribution in [2.45, 2.75) is 25.8 Å². The van der Waals surface area contributed by atoms with Crippen molar-refractivity contribution in [2.24, 2.45) is 5.73 Å². The van der Waals surface area contributed by atoms with Gasteiger partial charge in [0.15, 0.2) is 11.5 Å². The van der Waals surface area contributed by atoms with Gasteiger partial charge >= 0.3 is 0 Å². The van der Waals surface area contributed by atoms with Crippen molar-refractivity contribution in [3.05, 3.63) is 23.8 Å². The standard InChI is InChI=1S/C12H19NO2.ClH/c1-4-5-10(13)9-6-7-11(14-2)12(8-9)15-3;/h6-8,10H,4-5,13H2,1-3H3;1H/t10-;/m1./s1. The maximum Gasteiger partial charge on any atom is 0.161 e. The first kappa shape index (κ1) is 15.1. The minimum Gasteiger partial charge on any atom is -0.493 e. The molecule has 0 saturated carbocycles. The number of methoxy groups -OCH3 is 2. The van der Waals surface area contributed by atoms with Crippen molar-refractivity contribution in [1.82, 2.24) is 0 Å². The molecule has 1 atom stereocenters. The van der Waals surface area contributed by atoms with Gasteiger partial charge in [-0.3, -0.25) is 0 Å². The number of hydrogen-bond acceptors (Lipinski definition) is 3. The van der Waals surface area contributed by atoms with E-state index in [4.69, 9.17) is 15.2 Å². The first-order valence-corrected chi connectivity index (χ1v) is 5.20. The van der Waals surface area contributed by atoms with E-state index in [0.717, 1.165) is 29.9 Å². The van der Waals surface area contributed by atoms with Gasteiger partial charge in [0.25, 0.3) is 0 Å². The van der Waals surface area contributed by atoms with Gasteiger partial charge in [-0.1, -0.05) is 19.4 Å². The average molecular weight is 246 g/mol. The third-order valence-corrected chi connectivity index (χ3v) is 2.44. The summed E-state index contributed by atoms with van der Waals surface area (Å²) in [5, 5.41) is 0. The fraction of sp³-hybridized carbons (Fsp3) is 0.500. The molecule has 16 heavy (non-hydrogen) atoms. The SMILES string of the molecule is CCC[C@@H](N)c1ccc(OC)c(OC)c1.Cl. The lowest BCUT2D eigenvalue weighted by molar-refractivity contribution is 0.354. The van der Waals surface area contributed by atoms with Gasteiger partial charge in [-0.2, -0.15) is 0 Å². The molecule has 0 bridgehead atoms. The molecular weight excluding hydrogens is 226 g/mol. The molecule has 2 N–H and O–H groups in total. The Hall–Kier alpha value is -0.930. The summed E-state index contributed by atoms with van der Waals surface area (Å²) in [6.07, 6.45) is 2.06. The van der Waals surface area contributed by atoms with Gasteiger partial charge in [-0.25, -0.2) is 0 Å². The Kier molecular flexibility index (Phi) is 6.93. The van der Waals surface area contributed by atoms with Crippen molar-refractivity contribution >= 4 is 12.4 Å². The Labute approximate surface area is 103 Å². The lowest BCUT2D eigenvalue weighted by Gasteiger charge is -2.14. The maximum absolute atomic E-state index is 6.02. The van der Waals surface area contributed by atoms with Gasteiger partial charge in [0.2, 0.25) is 0 Å². The highest BCUT2D eigenvalue weighted by Crippen LogP contribution is 2.30. The minimum absolute atomic E-state index is 0. The number of rotatable bonds is 5. The summed E-state index contributed by atoms with van der Waals surface area (Å²) in [4.78, 5) is 0. The summed E-state index contributed by atoms with van der Waals surface area (Å²) in [6, 6.07) is 5.90. The number of halogens is 1. The van der Waals surface area contributed by atoms with Crippen LogP contribution in [0.5, 0.6) is 11.5 Å². The van der Waals surface area contributed by atoms with Gasteiger partial charge in [-0.05, 0) is 24.1 Å². The summed E-state index contributed by atoms with van der Waals surface area (Å²) >= 11 is 0. The zero-order chi connectivity index (χ0) is 11.3. The van der Waals surface area contributed by atoms with Crippen LogP contribution in [0.15, 0.2) is 18.2 Å². The van der Waals surface area contributed by atoms with E-state index >= 15 is 0 Å². The van der Waals surface area contributed by atoms with E-state index in [1.807, 2.05) is 18.2 Å². The van der Waals surface area contributed by atoms with E-state index < -0.39 is 0 Å². The third-order valence-electron chi connectivity index (χ3n) is 2.44. The molecule has 0 unspecified atom stereocenters. The molecule has 0 aliphatic heterocycles. The van der Waals surface area contributed by atoms with Crippen LogP contribution in [0.4, 0.5) is 0 Å². The molecular formula is C12H20ClNO2. The topological polar surface area (TPSA) is 44.5 Å². The molecule has 0 spiro atoms. The molecule has 1 aromatic rings. The molecule has 1 aromatic carbocycles. The normalized spacial score (nSPS) is 11.5. The predicted octanol–water partition coefficient (Wildman–Crippen LogP) is 2.93. The lowest BCUT2D eigenvalue weighted by atomic mass is 10.0. The molecule has 0 radical (unpaired) electrons. The Morgan fingerprint density at radius 2 is 1.81 bits per heavy atom. The van der Waals surface area contributed by atoms with Crippen LogP contribution in [0, 0.1) is 0 Å². The molecule has 4 heteroatoms. The van der Waals surface area contributed by atoms with Gasteiger partial charge in [0.05, 0.1) is 14.2 Å². The summed E-state index contributed by atoms with van der Waals surface area (Å²) in [5.74, 6) is 1.48. The lowest BCUT2D eigenvalue weighted by Crippen LogP contribution is -2.09. The smallest absolute Gasteiger partial charge is 0.161 e. The van der Waals surface area contributed by atoms with E-state index in [1.54, 1.807) is 14.2 Å². The van der Waals surface area contributed by atoms with E-state index in [-0.39, 0.29) is 18.4 Å². The van der Waals surface area contributed by atoms with Crippen molar-refractivity contribution in [2.75, 3.05) is 14.2 Å². The zero-order valence-electron chi connectivity index (χ0n) is 10.0. The fourth-order valence-electron chi connectivity index (χ4n) is 1.56. The molecule has 0 aliphatic rings. The molecule has 0 amide bonds. The number of hydrogen-bond donors (Lipinski definition) is 1. The number of ether oxygens (including phenoxy) is 2. The van der Waals surface area contributed by atoms with Crippen LogP contribution in [0.1, 0.15) is 31.4 Å². The Morgan fingerprint density at radius 1 is 1.19 bits per heavy atom. The minimum atomic E-state index is 0. The molecule has 0 aromatic heterocycles. The van der Waals surface area contributed by atoms with Gasteiger partial charge in [0.1, 0.15) is 0 Å². The monoisotopic (exact) mass is 245 g/mol. The van der Waals surface area contributed by atoms with Crippen LogP contribution in [-0.2, 0) is 0 Å². The second kappa shape index (κ2) is 7.36. The van der Waals surface area contributed by atoms with E-state index in [2.05, 4.69) is 6.92 Å². The highest BCUT2D eigenvalue weighted by Gasteiger charge is 2.09. The number of nitrogens with two attached hydrogens (primary N) is 1. The second-order valence-corrected chi connectivity index (χ2v) is 3.51. The van der Waals surface area contributed by atoms with Crippen LogP contribution >= 0.6 is 12.4 Å². The van der Waals surface area contributed by atoms with Crippen LogP contribution in [0.3, 0.4) is 0 Å². The van der Waals surface area contributed by atoms with Crippen LogP contribution in [-0.4, -0.2) is 14.2 Å². The Balaban J connectivity index is 0.00000225. The summed E-state index contributed by atoms with van der Waals surface area (Å²) in [7, 11) is 3.26. The first-order chi connectivity index (χ1) is 7.22. The Morgan fingerprint density at radius 3 is 2.31 bits per heavy atom.